The molecule has 3 rings (SSSR count). The van der Waals surface area contributed by atoms with Gasteiger partial charge in [0.2, 0.25) is 11.8 Å². The van der Waals surface area contributed by atoms with E-state index in [-0.39, 0.29) is 17.3 Å². The molecule has 1 heterocycles. The maximum Gasteiger partial charge on any atom is 0.262 e. The maximum absolute atomic E-state index is 13.1. The zero-order chi connectivity index (χ0) is 22.8. The molecule has 31 heavy (non-hydrogen) atoms. The van der Waals surface area contributed by atoms with E-state index in [1.54, 1.807) is 23.1 Å². The number of hydrogen-bond acceptors (Lipinski definition) is 4. The number of anilines is 2. The molecule has 0 fully saturated rings. The van der Waals surface area contributed by atoms with Crippen LogP contribution in [0.1, 0.15) is 31.9 Å². The highest BCUT2D eigenvalue weighted by atomic mass is 32.2. The lowest BCUT2D eigenvalue weighted by molar-refractivity contribution is -0.129. The van der Waals surface area contributed by atoms with Gasteiger partial charge in [-0.05, 0) is 61.7 Å². The highest BCUT2D eigenvalue weighted by Crippen LogP contribution is 2.28. The smallest absolute Gasteiger partial charge is 0.262 e. The van der Waals surface area contributed by atoms with Gasteiger partial charge >= 0.3 is 0 Å². The van der Waals surface area contributed by atoms with Gasteiger partial charge < -0.3 is 10.2 Å². The number of nitrogens with zero attached hydrogens (tertiary/aromatic N) is 1. The molecule has 0 radical (unpaired) electrons. The predicted molar refractivity (Wildman–Crippen MR) is 117 cm³/mol. The van der Waals surface area contributed by atoms with Crippen molar-refractivity contribution >= 4 is 33.2 Å². The Morgan fingerprint density at radius 1 is 1.10 bits per heavy atom. The predicted octanol–water partition coefficient (Wildman–Crippen LogP) is 3.33. The van der Waals surface area contributed by atoms with Gasteiger partial charge in [-0.25, -0.2) is 12.8 Å². The molecule has 2 amide bonds. The van der Waals surface area contributed by atoms with Gasteiger partial charge in [-0.2, -0.15) is 0 Å². The first kappa shape index (κ1) is 22.7. The molecule has 9 heteroatoms. The van der Waals surface area contributed by atoms with Crippen LogP contribution in [0.25, 0.3) is 0 Å². The zero-order valence-electron chi connectivity index (χ0n) is 17.7. The van der Waals surface area contributed by atoms with E-state index in [1.807, 2.05) is 6.07 Å². The van der Waals surface area contributed by atoms with Gasteiger partial charge in [0.25, 0.3) is 10.0 Å². The average Bonchev–Trinajstić information content (AvgIpc) is 2.73. The number of carbonyl (C=O) groups is 2. The minimum atomic E-state index is -3.89. The molecule has 0 unspecified atom stereocenters. The summed E-state index contributed by atoms with van der Waals surface area (Å²) in [6.45, 7) is 4.48. The number of fused-ring (bicyclic) bond motifs is 1. The molecule has 0 saturated heterocycles. The van der Waals surface area contributed by atoms with Gasteiger partial charge in [0, 0.05) is 31.4 Å². The molecule has 166 valence electrons. The van der Waals surface area contributed by atoms with Gasteiger partial charge in [0.05, 0.1) is 10.3 Å². The zero-order valence-corrected chi connectivity index (χ0v) is 18.6. The first-order valence-corrected chi connectivity index (χ1v) is 11.4. The van der Waals surface area contributed by atoms with Crippen LogP contribution in [0, 0.1) is 5.41 Å². The average molecular weight is 448 g/mol. The summed E-state index contributed by atoms with van der Waals surface area (Å²) in [6.07, 6.45) is 0.599. The summed E-state index contributed by atoms with van der Waals surface area (Å²) in [5, 5.41) is 2.62. The van der Waals surface area contributed by atoms with E-state index in [4.69, 9.17) is 0 Å². The summed E-state index contributed by atoms with van der Waals surface area (Å²) < 4.78 is 41.6. The summed E-state index contributed by atoms with van der Waals surface area (Å²) in [6, 6.07) is 11.2. The fourth-order valence-corrected chi connectivity index (χ4v) is 4.60. The Hall–Kier alpha value is -2.94. The molecule has 2 N–H and O–H groups in total. The van der Waals surface area contributed by atoms with E-state index in [0.29, 0.717) is 29.9 Å². The minimum absolute atomic E-state index is 0.0978. The largest absolute Gasteiger partial charge is 0.338 e. The van der Waals surface area contributed by atoms with Crippen LogP contribution < -0.4 is 10.0 Å². The maximum atomic E-state index is 13.1. The SMILES string of the molecule is CC(=O)N1CCc2cccc(S(=O)(=O)Nc3ccc(NC(=O)C(C)(C)CF)cc3)c2C1. The van der Waals surface area contributed by atoms with Crippen LogP contribution in [0.5, 0.6) is 0 Å². The van der Waals surface area contributed by atoms with Crippen LogP contribution >= 0.6 is 0 Å². The second-order valence-corrected chi connectivity index (χ2v) is 9.89. The van der Waals surface area contributed by atoms with E-state index in [0.717, 1.165) is 5.56 Å². The number of carbonyl (C=O) groups excluding carboxylic acids is 2. The number of amides is 2. The number of benzene rings is 2. The Morgan fingerprint density at radius 3 is 2.35 bits per heavy atom. The summed E-state index contributed by atoms with van der Waals surface area (Å²) in [4.78, 5) is 25.6. The first-order valence-electron chi connectivity index (χ1n) is 9.90. The number of rotatable bonds is 6. The second-order valence-electron chi connectivity index (χ2n) is 8.24. The van der Waals surface area contributed by atoms with Crippen molar-refractivity contribution in [3.63, 3.8) is 0 Å². The molecule has 0 aliphatic carbocycles. The third-order valence-electron chi connectivity index (χ3n) is 5.31. The van der Waals surface area contributed by atoms with E-state index in [2.05, 4.69) is 10.0 Å². The third-order valence-corrected chi connectivity index (χ3v) is 6.77. The summed E-state index contributed by atoms with van der Waals surface area (Å²) in [5.41, 5.74) is 1.13. The van der Waals surface area contributed by atoms with Gasteiger partial charge in [-0.3, -0.25) is 14.3 Å². The lowest BCUT2D eigenvalue weighted by atomic mass is 9.94. The van der Waals surface area contributed by atoms with Crippen molar-refractivity contribution in [1.29, 1.82) is 0 Å². The Morgan fingerprint density at radius 2 is 1.74 bits per heavy atom. The van der Waals surface area contributed by atoms with E-state index in [1.165, 1.54) is 39.0 Å². The molecular weight excluding hydrogens is 421 g/mol. The van der Waals surface area contributed by atoms with Gasteiger partial charge in [-0.15, -0.1) is 0 Å². The van der Waals surface area contributed by atoms with Crippen LogP contribution in [0.4, 0.5) is 15.8 Å². The minimum Gasteiger partial charge on any atom is -0.338 e. The Balaban J connectivity index is 1.79. The molecule has 1 aliphatic heterocycles. The van der Waals surface area contributed by atoms with Gasteiger partial charge in [0.1, 0.15) is 6.67 Å². The van der Waals surface area contributed by atoms with Crippen molar-refractivity contribution in [2.24, 2.45) is 5.41 Å². The first-order chi connectivity index (χ1) is 14.5. The summed E-state index contributed by atoms with van der Waals surface area (Å²) >= 11 is 0. The molecule has 7 nitrogen and oxygen atoms in total. The topological polar surface area (TPSA) is 95.6 Å². The van der Waals surface area contributed by atoms with Crippen molar-refractivity contribution < 1.29 is 22.4 Å². The highest BCUT2D eigenvalue weighted by molar-refractivity contribution is 7.92. The Kier molecular flexibility index (Phi) is 6.35. The number of halogens is 1. The molecule has 2 aromatic rings. The fourth-order valence-electron chi connectivity index (χ4n) is 3.26. The van der Waals surface area contributed by atoms with Crippen molar-refractivity contribution in [3.8, 4) is 0 Å². The van der Waals surface area contributed by atoms with E-state index in [9.17, 15) is 22.4 Å². The van der Waals surface area contributed by atoms with Crippen LogP contribution in [0.3, 0.4) is 0 Å². The molecule has 2 aromatic carbocycles. The normalized spacial score (nSPS) is 14.0. The van der Waals surface area contributed by atoms with Gasteiger partial charge in [-0.1, -0.05) is 12.1 Å². The molecule has 1 aliphatic rings. The van der Waals surface area contributed by atoms with E-state index >= 15 is 0 Å². The van der Waals surface area contributed by atoms with Crippen LogP contribution in [-0.2, 0) is 32.6 Å². The molecule has 0 aromatic heterocycles. The molecule has 0 bridgehead atoms. The Labute approximate surface area is 181 Å². The van der Waals surface area contributed by atoms with Crippen molar-refractivity contribution in [3.05, 3.63) is 53.6 Å². The molecule has 0 atom stereocenters. The number of nitrogens with one attached hydrogen (secondary N) is 2. The van der Waals surface area contributed by atoms with E-state index < -0.39 is 28.0 Å². The second kappa shape index (κ2) is 8.66. The highest BCUT2D eigenvalue weighted by Gasteiger charge is 2.28. The Bertz CT molecular complexity index is 1100. The monoisotopic (exact) mass is 447 g/mol. The lowest BCUT2D eigenvalue weighted by Crippen LogP contribution is -2.35. The summed E-state index contributed by atoms with van der Waals surface area (Å²) in [7, 11) is -3.89. The lowest BCUT2D eigenvalue weighted by Gasteiger charge is -2.29. The number of sulfonamides is 1. The third kappa shape index (κ3) is 5.04. The van der Waals surface area contributed by atoms with Crippen LogP contribution in [0.15, 0.2) is 47.4 Å². The number of hydrogen-bond donors (Lipinski definition) is 2. The van der Waals surface area contributed by atoms with Crippen LogP contribution in [0.2, 0.25) is 0 Å². The summed E-state index contributed by atoms with van der Waals surface area (Å²) in [5.74, 6) is -0.561. The molecule has 0 spiro atoms. The quantitative estimate of drug-likeness (QED) is 0.710. The van der Waals surface area contributed by atoms with Crippen molar-refractivity contribution in [2.75, 3.05) is 23.3 Å². The fraction of sp³-hybridized carbons (Fsp3) is 0.364. The molecular formula is C22H26FN3O4S. The standard InChI is InChI=1S/C22H26FN3O4S/c1-15(27)26-12-11-16-5-4-6-20(19(16)13-26)31(29,30)25-18-9-7-17(8-10-18)24-21(28)22(2,3)14-23/h4-10,25H,11-14H2,1-3H3,(H,24,28). The molecule has 0 saturated carbocycles. The number of alkyl halides is 1. The van der Waals surface area contributed by atoms with Crippen molar-refractivity contribution in [1.82, 2.24) is 4.90 Å². The van der Waals surface area contributed by atoms with Crippen molar-refractivity contribution in [2.45, 2.75) is 38.6 Å². The van der Waals surface area contributed by atoms with Gasteiger partial charge in [0.15, 0.2) is 0 Å². The van der Waals surface area contributed by atoms with Crippen LogP contribution in [-0.4, -0.2) is 38.4 Å².